The first-order chi connectivity index (χ1) is 7.63. The van der Waals surface area contributed by atoms with Crippen molar-refractivity contribution in [1.82, 2.24) is 10.2 Å². The Morgan fingerprint density at radius 3 is 3.12 bits per heavy atom. The molecule has 0 spiro atoms. The third-order valence-electron chi connectivity index (χ3n) is 3.02. The lowest BCUT2D eigenvalue weighted by molar-refractivity contribution is -0.122. The molecule has 0 radical (unpaired) electrons. The lowest BCUT2D eigenvalue weighted by Gasteiger charge is -2.34. The van der Waals surface area contributed by atoms with E-state index in [0.29, 0.717) is 12.5 Å². The fourth-order valence-electron chi connectivity index (χ4n) is 2.06. The van der Waals surface area contributed by atoms with Gasteiger partial charge in [0.2, 0.25) is 5.91 Å². The highest BCUT2D eigenvalue weighted by atomic mass is 16.2. The molecule has 2 unspecified atom stereocenters. The van der Waals surface area contributed by atoms with E-state index in [2.05, 4.69) is 10.2 Å². The maximum Gasteiger partial charge on any atom is 0.235 e. The van der Waals surface area contributed by atoms with E-state index < -0.39 is 0 Å². The molecule has 0 aromatic heterocycles. The predicted octanol–water partition coefficient (Wildman–Crippen LogP) is -0.315. The fraction of sp³-hybridized carbons (Fsp3) is 0.818. The lowest BCUT2D eigenvalue weighted by Crippen LogP contribution is -2.46. The minimum absolute atomic E-state index is 0.0770. The average molecular weight is 224 g/mol. The van der Waals surface area contributed by atoms with Gasteiger partial charge in [-0.3, -0.25) is 9.69 Å². The quantitative estimate of drug-likeness (QED) is 0.641. The Labute approximate surface area is 96.6 Å². The molecule has 0 aromatic carbocycles. The summed E-state index contributed by atoms with van der Waals surface area (Å²) >= 11 is 0. The molecule has 1 rings (SSSR count). The molecular weight excluding hydrogens is 204 g/mol. The van der Waals surface area contributed by atoms with Crippen molar-refractivity contribution in [2.75, 3.05) is 26.2 Å². The monoisotopic (exact) mass is 224 g/mol. The molecule has 1 aliphatic heterocycles. The van der Waals surface area contributed by atoms with Gasteiger partial charge in [-0.15, -0.1) is 0 Å². The summed E-state index contributed by atoms with van der Waals surface area (Å²) in [7, 11) is 0. The van der Waals surface area contributed by atoms with Crippen molar-refractivity contribution in [3.05, 3.63) is 0 Å². The Balaban J connectivity index is 2.31. The number of nitrogens with two attached hydrogens (primary N) is 1. The molecule has 90 valence electrons. The van der Waals surface area contributed by atoms with Crippen molar-refractivity contribution < 1.29 is 4.79 Å². The minimum Gasteiger partial charge on any atom is -0.342 e. The number of nitriles is 1. The van der Waals surface area contributed by atoms with Gasteiger partial charge in [-0.05, 0) is 32.2 Å². The van der Waals surface area contributed by atoms with Crippen LogP contribution in [0.25, 0.3) is 0 Å². The van der Waals surface area contributed by atoms with E-state index in [-0.39, 0.29) is 18.5 Å². The highest BCUT2D eigenvalue weighted by Crippen LogP contribution is 2.18. The second-order valence-electron chi connectivity index (χ2n) is 4.43. The van der Waals surface area contributed by atoms with Gasteiger partial charge in [0.1, 0.15) is 6.54 Å². The Kier molecular flexibility index (Phi) is 5.23. The van der Waals surface area contributed by atoms with Gasteiger partial charge < -0.3 is 11.1 Å². The van der Waals surface area contributed by atoms with Crippen LogP contribution in [0.5, 0.6) is 0 Å². The fourth-order valence-corrected chi connectivity index (χ4v) is 2.06. The summed E-state index contributed by atoms with van der Waals surface area (Å²) in [4.78, 5) is 13.5. The number of hydrogen-bond acceptors (Lipinski definition) is 4. The van der Waals surface area contributed by atoms with E-state index in [4.69, 9.17) is 11.0 Å². The van der Waals surface area contributed by atoms with Gasteiger partial charge >= 0.3 is 0 Å². The highest BCUT2D eigenvalue weighted by molar-refractivity contribution is 5.78. The molecule has 3 N–H and O–H groups in total. The molecule has 16 heavy (non-hydrogen) atoms. The van der Waals surface area contributed by atoms with E-state index in [1.807, 2.05) is 13.0 Å². The maximum absolute atomic E-state index is 11.4. The number of carbonyl (C=O) groups excluding carboxylic acids is 1. The molecule has 1 aliphatic rings. The van der Waals surface area contributed by atoms with E-state index in [1.54, 1.807) is 0 Å². The molecule has 1 saturated heterocycles. The highest BCUT2D eigenvalue weighted by Gasteiger charge is 2.23. The maximum atomic E-state index is 11.4. The van der Waals surface area contributed by atoms with Crippen LogP contribution in [0, 0.1) is 17.2 Å². The molecule has 5 nitrogen and oxygen atoms in total. The number of nitrogens with one attached hydrogen (secondary N) is 1. The van der Waals surface area contributed by atoms with Gasteiger partial charge in [0.25, 0.3) is 0 Å². The molecular formula is C11H20N4O. The number of hydrogen-bond donors (Lipinski definition) is 2. The molecule has 0 aliphatic carbocycles. The minimum atomic E-state index is -0.0770. The molecule has 1 amide bonds. The Morgan fingerprint density at radius 1 is 1.75 bits per heavy atom. The Morgan fingerprint density at radius 2 is 2.50 bits per heavy atom. The van der Waals surface area contributed by atoms with E-state index in [1.165, 1.54) is 0 Å². The van der Waals surface area contributed by atoms with Crippen molar-refractivity contribution in [2.24, 2.45) is 11.7 Å². The lowest BCUT2D eigenvalue weighted by atomic mass is 9.92. The normalized spacial score (nSPS) is 23.4. The van der Waals surface area contributed by atoms with Crippen molar-refractivity contribution in [3.8, 4) is 6.07 Å². The third kappa shape index (κ3) is 4.17. The number of rotatable bonds is 4. The second-order valence-corrected chi connectivity index (χ2v) is 4.43. The summed E-state index contributed by atoms with van der Waals surface area (Å²) in [5.41, 5.74) is 5.87. The van der Waals surface area contributed by atoms with Crippen LogP contribution in [0.4, 0.5) is 0 Å². The molecule has 1 fully saturated rings. The standard InChI is InChI=1S/C11H20N4O/c1-9(13)10-3-2-6-15(7-10)8-11(16)14-5-4-12/h9-10H,2-3,5-8,13H2,1H3,(H,14,16). The van der Waals surface area contributed by atoms with Crippen LogP contribution in [-0.2, 0) is 4.79 Å². The summed E-state index contributed by atoms with van der Waals surface area (Å²) in [6.45, 7) is 4.32. The number of amides is 1. The summed E-state index contributed by atoms with van der Waals surface area (Å²) in [6.07, 6.45) is 2.24. The van der Waals surface area contributed by atoms with Crippen molar-refractivity contribution >= 4 is 5.91 Å². The van der Waals surface area contributed by atoms with Crippen LogP contribution in [0.15, 0.2) is 0 Å². The van der Waals surface area contributed by atoms with Crippen molar-refractivity contribution in [1.29, 1.82) is 5.26 Å². The van der Waals surface area contributed by atoms with Gasteiger partial charge in [-0.1, -0.05) is 0 Å². The topological polar surface area (TPSA) is 82.2 Å². The number of carbonyl (C=O) groups is 1. The van der Waals surface area contributed by atoms with Gasteiger partial charge in [-0.2, -0.15) is 5.26 Å². The zero-order chi connectivity index (χ0) is 12.0. The largest absolute Gasteiger partial charge is 0.342 e. The summed E-state index contributed by atoms with van der Waals surface area (Å²) in [5, 5.41) is 10.9. The van der Waals surface area contributed by atoms with Crippen LogP contribution in [0.2, 0.25) is 0 Å². The SMILES string of the molecule is CC(N)C1CCCN(CC(=O)NCC#N)C1. The first-order valence-corrected chi connectivity index (χ1v) is 5.75. The molecule has 1 heterocycles. The van der Waals surface area contributed by atoms with Gasteiger partial charge in [0, 0.05) is 12.6 Å². The summed E-state index contributed by atoms with van der Waals surface area (Å²) in [5.74, 6) is 0.407. The zero-order valence-electron chi connectivity index (χ0n) is 9.78. The van der Waals surface area contributed by atoms with Crippen LogP contribution in [0.1, 0.15) is 19.8 Å². The average Bonchev–Trinajstić information content (AvgIpc) is 2.26. The smallest absolute Gasteiger partial charge is 0.235 e. The van der Waals surface area contributed by atoms with Gasteiger partial charge in [-0.25, -0.2) is 0 Å². The Hall–Kier alpha value is -1.12. The van der Waals surface area contributed by atoms with E-state index in [9.17, 15) is 4.79 Å². The second kappa shape index (κ2) is 6.46. The van der Waals surface area contributed by atoms with Crippen LogP contribution in [0.3, 0.4) is 0 Å². The van der Waals surface area contributed by atoms with E-state index in [0.717, 1.165) is 25.9 Å². The van der Waals surface area contributed by atoms with Crippen molar-refractivity contribution in [2.45, 2.75) is 25.8 Å². The number of piperidine rings is 1. The molecule has 0 aromatic rings. The zero-order valence-corrected chi connectivity index (χ0v) is 9.78. The van der Waals surface area contributed by atoms with Gasteiger partial charge in [0.15, 0.2) is 0 Å². The van der Waals surface area contributed by atoms with Crippen LogP contribution in [-0.4, -0.2) is 43.0 Å². The van der Waals surface area contributed by atoms with Crippen LogP contribution < -0.4 is 11.1 Å². The number of likely N-dealkylation sites (tertiary alicyclic amines) is 1. The predicted molar refractivity (Wildman–Crippen MR) is 61.4 cm³/mol. The van der Waals surface area contributed by atoms with E-state index >= 15 is 0 Å². The van der Waals surface area contributed by atoms with Crippen LogP contribution >= 0.6 is 0 Å². The summed E-state index contributed by atoms with van der Waals surface area (Å²) < 4.78 is 0. The third-order valence-corrected chi connectivity index (χ3v) is 3.02. The molecule has 2 atom stereocenters. The summed E-state index contributed by atoms with van der Waals surface area (Å²) in [6, 6.07) is 2.08. The molecule has 5 heteroatoms. The van der Waals surface area contributed by atoms with Gasteiger partial charge in [0.05, 0.1) is 12.6 Å². The first-order valence-electron chi connectivity index (χ1n) is 5.75. The Bertz CT molecular complexity index is 272. The first kappa shape index (κ1) is 12.9. The molecule has 0 bridgehead atoms. The molecule has 0 saturated carbocycles. The number of nitrogens with zero attached hydrogens (tertiary/aromatic N) is 2. The van der Waals surface area contributed by atoms with Crippen molar-refractivity contribution in [3.63, 3.8) is 0 Å².